The van der Waals surface area contributed by atoms with Crippen LogP contribution in [-0.2, 0) is 4.79 Å². The van der Waals surface area contributed by atoms with Gasteiger partial charge in [-0.15, -0.1) is 0 Å². The van der Waals surface area contributed by atoms with E-state index in [9.17, 15) is 14.4 Å². The minimum atomic E-state index is -0.824. The number of hydrogen-bond donors (Lipinski definition) is 2. The van der Waals surface area contributed by atoms with Crippen LogP contribution in [0.4, 0.5) is 4.79 Å². The second-order valence-electron chi connectivity index (χ2n) is 6.02. The Morgan fingerprint density at radius 2 is 1.95 bits per heavy atom. The summed E-state index contributed by atoms with van der Waals surface area (Å²) in [5.74, 6) is -0.807. The average Bonchev–Trinajstić information content (AvgIpc) is 2.72. The minimum Gasteiger partial charge on any atom is -0.322 e. The lowest BCUT2D eigenvalue weighted by Gasteiger charge is -2.30. The van der Waals surface area contributed by atoms with Crippen LogP contribution >= 0.6 is 0 Å². The van der Waals surface area contributed by atoms with Crippen molar-refractivity contribution in [3.8, 4) is 0 Å². The molecule has 0 radical (unpaired) electrons. The highest BCUT2D eigenvalue weighted by Crippen LogP contribution is 2.33. The maximum atomic E-state index is 12.6. The van der Waals surface area contributed by atoms with Gasteiger partial charge in [-0.25, -0.2) is 4.79 Å². The van der Waals surface area contributed by atoms with Crippen molar-refractivity contribution in [1.82, 2.24) is 15.8 Å². The zero-order valence-electron chi connectivity index (χ0n) is 12.5. The van der Waals surface area contributed by atoms with Crippen molar-refractivity contribution in [2.45, 2.75) is 44.6 Å². The van der Waals surface area contributed by atoms with Gasteiger partial charge >= 0.3 is 6.03 Å². The third-order valence-corrected chi connectivity index (χ3v) is 4.36. The highest BCUT2D eigenvalue weighted by molar-refractivity contribution is 6.09. The first-order valence-electron chi connectivity index (χ1n) is 7.56. The molecule has 1 saturated heterocycles. The van der Waals surface area contributed by atoms with Gasteiger partial charge in [0.05, 0.1) is 0 Å². The fourth-order valence-corrected chi connectivity index (χ4v) is 3.17. The molecule has 1 aliphatic carbocycles. The monoisotopic (exact) mass is 301 g/mol. The Hall–Kier alpha value is -2.37. The molecule has 4 amide bonds. The number of urea groups is 1. The summed E-state index contributed by atoms with van der Waals surface area (Å²) in [7, 11) is 0. The van der Waals surface area contributed by atoms with Crippen LogP contribution in [0.25, 0.3) is 0 Å². The predicted molar refractivity (Wildman–Crippen MR) is 79.8 cm³/mol. The third-order valence-electron chi connectivity index (χ3n) is 4.36. The maximum absolute atomic E-state index is 12.6. The number of carbonyl (C=O) groups excluding carboxylic acids is 3. The van der Waals surface area contributed by atoms with E-state index in [0.717, 1.165) is 29.8 Å². The highest BCUT2D eigenvalue weighted by atomic mass is 16.2. The maximum Gasteiger partial charge on any atom is 0.344 e. The molecule has 1 saturated carbocycles. The molecule has 6 heteroatoms. The highest BCUT2D eigenvalue weighted by Gasteiger charge is 2.52. The number of amides is 4. The van der Waals surface area contributed by atoms with Crippen LogP contribution in [0.5, 0.6) is 0 Å². The Bertz CT molecular complexity index is 635. The first-order chi connectivity index (χ1) is 10.5. The van der Waals surface area contributed by atoms with Crippen LogP contribution in [-0.4, -0.2) is 28.4 Å². The molecule has 1 heterocycles. The van der Waals surface area contributed by atoms with E-state index < -0.39 is 17.5 Å². The molecule has 1 aromatic carbocycles. The largest absolute Gasteiger partial charge is 0.344 e. The zero-order valence-corrected chi connectivity index (χ0v) is 12.5. The van der Waals surface area contributed by atoms with Crippen molar-refractivity contribution in [1.29, 1.82) is 0 Å². The van der Waals surface area contributed by atoms with Crippen LogP contribution < -0.4 is 10.7 Å². The molecular weight excluding hydrogens is 282 g/mol. The van der Waals surface area contributed by atoms with Gasteiger partial charge in [0, 0.05) is 5.56 Å². The molecular formula is C16H19N3O3. The predicted octanol–water partition coefficient (Wildman–Crippen LogP) is 1.89. The third kappa shape index (κ3) is 2.45. The summed E-state index contributed by atoms with van der Waals surface area (Å²) in [4.78, 5) is 36.9. The molecule has 2 fully saturated rings. The Kier molecular flexibility index (Phi) is 3.60. The van der Waals surface area contributed by atoms with Gasteiger partial charge in [0.15, 0.2) is 0 Å². The van der Waals surface area contributed by atoms with Gasteiger partial charge in [-0.2, -0.15) is 5.01 Å². The molecule has 1 aliphatic heterocycles. The van der Waals surface area contributed by atoms with E-state index in [1.165, 1.54) is 0 Å². The number of benzene rings is 1. The van der Waals surface area contributed by atoms with Gasteiger partial charge in [-0.3, -0.25) is 15.0 Å². The number of hydrogen-bond acceptors (Lipinski definition) is 3. The van der Waals surface area contributed by atoms with Crippen molar-refractivity contribution >= 4 is 17.8 Å². The van der Waals surface area contributed by atoms with Gasteiger partial charge in [0.25, 0.3) is 11.8 Å². The quantitative estimate of drug-likeness (QED) is 0.819. The molecule has 116 valence electrons. The molecule has 2 aliphatic rings. The number of aryl methyl sites for hydroxylation is 1. The molecule has 6 nitrogen and oxygen atoms in total. The normalized spacial score (nSPS) is 20.1. The van der Waals surface area contributed by atoms with Crippen LogP contribution in [0.2, 0.25) is 0 Å². The van der Waals surface area contributed by atoms with Crippen molar-refractivity contribution in [3.63, 3.8) is 0 Å². The van der Waals surface area contributed by atoms with E-state index in [2.05, 4.69) is 10.7 Å². The summed E-state index contributed by atoms with van der Waals surface area (Å²) >= 11 is 0. The first kappa shape index (κ1) is 14.6. The molecule has 1 aromatic rings. The van der Waals surface area contributed by atoms with Crippen LogP contribution in [0.1, 0.15) is 48.0 Å². The molecule has 0 atom stereocenters. The van der Waals surface area contributed by atoms with Crippen molar-refractivity contribution in [2.24, 2.45) is 0 Å². The summed E-state index contributed by atoms with van der Waals surface area (Å²) in [6.45, 7) is 1.88. The second-order valence-corrected chi connectivity index (χ2v) is 6.02. The van der Waals surface area contributed by atoms with Gasteiger partial charge in [0.2, 0.25) is 0 Å². The van der Waals surface area contributed by atoms with Gasteiger partial charge in [-0.1, -0.05) is 37.0 Å². The van der Waals surface area contributed by atoms with E-state index in [1.807, 2.05) is 13.0 Å². The number of nitrogens with one attached hydrogen (secondary N) is 2. The minimum absolute atomic E-state index is 0.349. The summed E-state index contributed by atoms with van der Waals surface area (Å²) < 4.78 is 0. The lowest BCUT2D eigenvalue weighted by atomic mass is 9.82. The summed E-state index contributed by atoms with van der Waals surface area (Å²) in [5.41, 5.74) is 2.96. The smallest absolute Gasteiger partial charge is 0.322 e. The van der Waals surface area contributed by atoms with Gasteiger partial charge < -0.3 is 5.32 Å². The van der Waals surface area contributed by atoms with Crippen molar-refractivity contribution in [2.75, 3.05) is 0 Å². The Balaban J connectivity index is 1.76. The van der Waals surface area contributed by atoms with Gasteiger partial charge in [0.1, 0.15) is 5.54 Å². The number of imide groups is 1. The molecule has 22 heavy (non-hydrogen) atoms. The van der Waals surface area contributed by atoms with E-state index in [1.54, 1.807) is 18.2 Å². The van der Waals surface area contributed by atoms with E-state index >= 15 is 0 Å². The molecule has 0 bridgehead atoms. The molecule has 1 spiro atoms. The van der Waals surface area contributed by atoms with Gasteiger partial charge in [-0.05, 0) is 31.9 Å². The Labute approximate surface area is 128 Å². The topological polar surface area (TPSA) is 78.5 Å². The van der Waals surface area contributed by atoms with Crippen molar-refractivity contribution in [3.05, 3.63) is 35.4 Å². The lowest BCUT2D eigenvalue weighted by molar-refractivity contribution is -0.134. The number of rotatable bonds is 2. The average molecular weight is 301 g/mol. The van der Waals surface area contributed by atoms with Crippen molar-refractivity contribution < 1.29 is 14.4 Å². The fraction of sp³-hybridized carbons (Fsp3) is 0.438. The van der Waals surface area contributed by atoms with E-state index in [-0.39, 0.29) is 5.91 Å². The fourth-order valence-electron chi connectivity index (χ4n) is 3.17. The van der Waals surface area contributed by atoms with E-state index in [4.69, 9.17) is 0 Å². The van der Waals surface area contributed by atoms with Crippen LogP contribution in [0.3, 0.4) is 0 Å². The second kappa shape index (κ2) is 5.44. The molecule has 0 unspecified atom stereocenters. The van der Waals surface area contributed by atoms with Crippen LogP contribution in [0, 0.1) is 6.92 Å². The SMILES string of the molecule is Cc1cccc(C(=O)NN2C(=O)NC3(CCCCC3)C2=O)c1. The standard InChI is InChI=1S/C16H19N3O3/c1-11-6-5-7-12(10-11)13(20)18-19-14(21)16(17-15(19)22)8-3-2-4-9-16/h5-7,10H,2-4,8-9H2,1H3,(H,17,22)(H,18,20). The number of hydrazine groups is 1. The Morgan fingerprint density at radius 1 is 1.23 bits per heavy atom. The number of nitrogens with zero attached hydrogens (tertiary/aromatic N) is 1. The zero-order chi connectivity index (χ0) is 15.7. The first-order valence-corrected chi connectivity index (χ1v) is 7.56. The van der Waals surface area contributed by atoms with Crippen LogP contribution in [0.15, 0.2) is 24.3 Å². The molecule has 0 aromatic heterocycles. The number of carbonyl (C=O) groups is 3. The molecule has 3 rings (SSSR count). The summed E-state index contributed by atoms with van der Waals surface area (Å²) in [5, 5.41) is 3.59. The summed E-state index contributed by atoms with van der Waals surface area (Å²) in [6, 6.07) is 6.45. The Morgan fingerprint density at radius 3 is 2.64 bits per heavy atom. The lowest BCUT2D eigenvalue weighted by Crippen LogP contribution is -2.50. The molecule has 2 N–H and O–H groups in total. The van der Waals surface area contributed by atoms with E-state index in [0.29, 0.717) is 18.4 Å². The summed E-state index contributed by atoms with van der Waals surface area (Å²) in [6.07, 6.45) is 4.15.